The lowest BCUT2D eigenvalue weighted by atomic mass is 9.98. The predicted molar refractivity (Wildman–Crippen MR) is 167 cm³/mol. The Labute approximate surface area is 292 Å². The highest BCUT2D eigenvalue weighted by Crippen LogP contribution is 2.40. The van der Waals surface area contributed by atoms with E-state index in [-0.39, 0.29) is 16.9 Å². The topological polar surface area (TPSA) is 328 Å². The summed E-state index contributed by atoms with van der Waals surface area (Å²) < 4.78 is 39.1. The first-order chi connectivity index (χ1) is 24.6. The Kier molecular flexibility index (Phi) is 10.8. The van der Waals surface area contributed by atoms with Gasteiger partial charge in [-0.25, -0.2) is 0 Å². The average molecular weight is 743 g/mol. The van der Waals surface area contributed by atoms with Gasteiger partial charge < -0.3 is 94.1 Å². The van der Waals surface area contributed by atoms with Gasteiger partial charge in [0.05, 0.1) is 19.3 Å². The SMILES string of the molecule is C[C@@H]1O[C@@H](Oc2c(-c3ccc(O)c(O)c3)oc3cc(O[C@@H]4OC[C@@H](O)[C@H](O[C@@H]5O[C@H](CO)[C@@H](O)[C@H](O)[C@H]5O)[C@H]4O)cc(O)c3c2=O)[C@H](O)[C@H](O)[C@H]1O. The van der Waals surface area contributed by atoms with E-state index >= 15 is 0 Å². The van der Waals surface area contributed by atoms with Gasteiger partial charge >= 0.3 is 0 Å². The van der Waals surface area contributed by atoms with Crippen molar-refractivity contribution in [3.8, 4) is 40.1 Å². The van der Waals surface area contributed by atoms with Crippen LogP contribution < -0.4 is 14.9 Å². The van der Waals surface area contributed by atoms with Crippen LogP contribution in [-0.4, -0.2) is 161 Å². The number of ether oxygens (including phenoxy) is 6. The third kappa shape index (κ3) is 6.97. The van der Waals surface area contributed by atoms with Gasteiger partial charge in [0.25, 0.3) is 0 Å². The van der Waals surface area contributed by atoms with Crippen LogP contribution >= 0.6 is 0 Å². The van der Waals surface area contributed by atoms with Crippen LogP contribution in [0.4, 0.5) is 0 Å². The average Bonchev–Trinajstić information content (AvgIpc) is 3.11. The molecule has 0 unspecified atom stereocenters. The Bertz CT molecular complexity index is 1800. The Balaban J connectivity index is 1.32. The lowest BCUT2D eigenvalue weighted by Crippen LogP contribution is -2.63. The van der Waals surface area contributed by atoms with Gasteiger partial charge in [0.2, 0.25) is 23.8 Å². The number of phenolic OH excluding ortho intramolecular Hbond substituents is 3. The molecule has 3 aliphatic heterocycles. The van der Waals surface area contributed by atoms with E-state index in [4.69, 9.17) is 32.8 Å². The second-order valence-corrected chi connectivity index (χ2v) is 12.6. The molecule has 3 aliphatic rings. The second-order valence-electron chi connectivity index (χ2n) is 12.6. The van der Waals surface area contributed by atoms with Crippen LogP contribution in [0.15, 0.2) is 39.5 Å². The highest BCUT2D eigenvalue weighted by Gasteiger charge is 2.49. The number of hydrogen-bond acceptors (Lipinski definition) is 20. The molecule has 52 heavy (non-hydrogen) atoms. The molecule has 0 amide bonds. The van der Waals surface area contributed by atoms with Crippen molar-refractivity contribution in [1.82, 2.24) is 0 Å². The minimum atomic E-state index is -1.86. The van der Waals surface area contributed by atoms with Gasteiger partial charge in [-0.3, -0.25) is 4.79 Å². The van der Waals surface area contributed by atoms with Crippen LogP contribution in [0.3, 0.4) is 0 Å². The first-order valence-corrected chi connectivity index (χ1v) is 15.9. The molecule has 4 heterocycles. The molecule has 0 aliphatic carbocycles. The van der Waals surface area contributed by atoms with Gasteiger partial charge in [0, 0.05) is 17.7 Å². The van der Waals surface area contributed by atoms with Gasteiger partial charge in [-0.15, -0.1) is 0 Å². The maximum Gasteiger partial charge on any atom is 0.239 e. The zero-order valence-electron chi connectivity index (χ0n) is 27.0. The molecule has 0 saturated carbocycles. The van der Waals surface area contributed by atoms with Crippen molar-refractivity contribution >= 4 is 11.0 Å². The molecule has 3 aromatic rings. The molecule has 0 bridgehead atoms. The monoisotopic (exact) mass is 742 g/mol. The molecule has 1 aromatic heterocycles. The standard InChI is InChI=1S/C32H38O20/c1-9-19(38)22(41)24(43)31(47-9)52-29-21(40)18-14(36)5-11(6-16(18)49-27(29)10-2-3-12(34)13(35)4-10)48-30-26(45)28(15(37)8-46-30)51-32-25(44)23(42)20(39)17(7-33)50-32/h2-6,9,15,17,19-20,22-26,28,30-39,41-45H,7-8H2,1H3/t9-,15+,17+,19-,20+,22+,23-,24+,25+,26+,28-,30-,31-,32-/m0/s1. The summed E-state index contributed by atoms with van der Waals surface area (Å²) in [5.41, 5.74) is -1.45. The van der Waals surface area contributed by atoms with E-state index in [2.05, 4.69) is 0 Å². The molecular formula is C32H38O20. The molecule has 3 saturated heterocycles. The molecule has 20 heteroatoms. The van der Waals surface area contributed by atoms with Crippen molar-refractivity contribution in [2.24, 2.45) is 0 Å². The summed E-state index contributed by atoms with van der Waals surface area (Å²) in [6.45, 7) is 0.110. The van der Waals surface area contributed by atoms with Crippen LogP contribution in [0.5, 0.6) is 28.7 Å². The van der Waals surface area contributed by atoms with Crippen molar-refractivity contribution in [2.45, 2.75) is 92.9 Å². The Morgan fingerprint density at radius 2 is 1.42 bits per heavy atom. The van der Waals surface area contributed by atoms with Crippen LogP contribution in [0.25, 0.3) is 22.3 Å². The molecule has 0 spiro atoms. The molecule has 0 radical (unpaired) electrons. The van der Waals surface area contributed by atoms with Crippen LogP contribution in [0.1, 0.15) is 6.92 Å². The van der Waals surface area contributed by atoms with E-state index in [1.54, 1.807) is 0 Å². The number of hydrogen-bond donors (Lipinski definition) is 12. The summed E-state index contributed by atoms with van der Waals surface area (Å²) in [7, 11) is 0. The van der Waals surface area contributed by atoms with E-state index in [9.17, 15) is 66.1 Å². The number of aromatic hydroxyl groups is 3. The molecule has 2 aromatic carbocycles. The highest BCUT2D eigenvalue weighted by atomic mass is 16.7. The van der Waals surface area contributed by atoms with Crippen LogP contribution in [0, 0.1) is 0 Å². The zero-order valence-corrected chi connectivity index (χ0v) is 27.0. The summed E-state index contributed by atoms with van der Waals surface area (Å²) in [6.07, 6.45) is -22.9. The fraction of sp³-hybridized carbons (Fsp3) is 0.531. The van der Waals surface area contributed by atoms with Gasteiger partial charge in [-0.05, 0) is 25.1 Å². The lowest BCUT2D eigenvalue weighted by molar-refractivity contribution is -0.343. The normalized spacial score (nSPS) is 36.8. The molecule has 3 fully saturated rings. The van der Waals surface area contributed by atoms with Crippen molar-refractivity contribution in [1.29, 1.82) is 0 Å². The number of aliphatic hydroxyl groups excluding tert-OH is 9. The first kappa shape index (κ1) is 37.9. The van der Waals surface area contributed by atoms with E-state index < -0.39 is 139 Å². The largest absolute Gasteiger partial charge is 0.507 e. The number of rotatable bonds is 8. The molecule has 286 valence electrons. The number of phenols is 3. The Hall–Kier alpha value is -3.87. The molecule has 14 atom stereocenters. The van der Waals surface area contributed by atoms with Gasteiger partial charge in [-0.1, -0.05) is 0 Å². The zero-order chi connectivity index (χ0) is 37.8. The highest BCUT2D eigenvalue weighted by molar-refractivity contribution is 5.88. The number of aliphatic hydroxyl groups is 9. The van der Waals surface area contributed by atoms with Crippen LogP contribution in [0.2, 0.25) is 0 Å². The fourth-order valence-corrected chi connectivity index (χ4v) is 6.03. The summed E-state index contributed by atoms with van der Waals surface area (Å²) in [6, 6.07) is 5.37. The Morgan fingerprint density at radius 1 is 0.731 bits per heavy atom. The Morgan fingerprint density at radius 3 is 2.12 bits per heavy atom. The summed E-state index contributed by atoms with van der Waals surface area (Å²) >= 11 is 0. The third-order valence-corrected chi connectivity index (χ3v) is 9.00. The van der Waals surface area contributed by atoms with Crippen LogP contribution in [-0.2, 0) is 18.9 Å². The summed E-state index contributed by atoms with van der Waals surface area (Å²) in [5.74, 6) is -3.26. The maximum absolute atomic E-state index is 13.9. The van der Waals surface area contributed by atoms with Gasteiger partial charge in [0.1, 0.15) is 83.5 Å². The summed E-state index contributed by atoms with van der Waals surface area (Å²) in [5, 5.41) is 123. The van der Waals surface area contributed by atoms with Crippen molar-refractivity contribution in [3.05, 3.63) is 40.6 Å². The quantitative estimate of drug-likeness (QED) is 0.0993. The van der Waals surface area contributed by atoms with E-state index in [1.165, 1.54) is 13.0 Å². The van der Waals surface area contributed by atoms with Crippen molar-refractivity contribution < 1.29 is 94.1 Å². The molecular weight excluding hydrogens is 704 g/mol. The van der Waals surface area contributed by atoms with Crippen molar-refractivity contribution in [3.63, 3.8) is 0 Å². The minimum Gasteiger partial charge on any atom is -0.507 e. The maximum atomic E-state index is 13.9. The molecule has 20 nitrogen and oxygen atoms in total. The second kappa shape index (κ2) is 14.9. The fourth-order valence-electron chi connectivity index (χ4n) is 6.03. The van der Waals surface area contributed by atoms with Gasteiger partial charge in [0.15, 0.2) is 23.5 Å². The van der Waals surface area contributed by atoms with Crippen molar-refractivity contribution in [2.75, 3.05) is 13.2 Å². The predicted octanol–water partition coefficient (Wildman–Crippen LogP) is -3.57. The van der Waals surface area contributed by atoms with E-state index in [0.29, 0.717) is 0 Å². The number of benzene rings is 2. The smallest absolute Gasteiger partial charge is 0.239 e. The minimum absolute atomic E-state index is 0.0535. The van der Waals surface area contributed by atoms with E-state index in [0.717, 1.165) is 24.3 Å². The first-order valence-electron chi connectivity index (χ1n) is 15.9. The molecule has 12 N–H and O–H groups in total. The summed E-state index contributed by atoms with van der Waals surface area (Å²) in [4.78, 5) is 13.9. The molecule has 6 rings (SSSR count). The number of fused-ring (bicyclic) bond motifs is 1. The third-order valence-electron chi connectivity index (χ3n) is 9.00. The van der Waals surface area contributed by atoms with E-state index in [1.807, 2.05) is 0 Å². The lowest BCUT2D eigenvalue weighted by Gasteiger charge is -2.44. The van der Waals surface area contributed by atoms with Gasteiger partial charge in [-0.2, -0.15) is 0 Å².